The van der Waals surface area contributed by atoms with E-state index < -0.39 is 0 Å². The molecule has 0 aromatic heterocycles. The van der Waals surface area contributed by atoms with Crippen LogP contribution in [0.3, 0.4) is 0 Å². The van der Waals surface area contributed by atoms with Gasteiger partial charge in [-0.3, -0.25) is 14.6 Å². The van der Waals surface area contributed by atoms with Crippen LogP contribution in [0.4, 0.5) is 16.2 Å². The van der Waals surface area contributed by atoms with Gasteiger partial charge in [-0.15, -0.1) is 0 Å². The van der Waals surface area contributed by atoms with E-state index in [1.165, 1.54) is 0 Å². The molecule has 35 heavy (non-hydrogen) atoms. The second kappa shape index (κ2) is 11.7. The number of ether oxygens (including phenoxy) is 2. The molecule has 3 N–H and O–H groups in total. The molecule has 194 valence electrons. The van der Waals surface area contributed by atoms with Gasteiger partial charge < -0.3 is 25.4 Å². The van der Waals surface area contributed by atoms with Crippen molar-refractivity contribution in [3.05, 3.63) is 23.8 Å². The van der Waals surface area contributed by atoms with E-state index in [0.717, 1.165) is 75.7 Å². The number of benzene rings is 1. The fourth-order valence-corrected chi connectivity index (χ4v) is 4.87. The van der Waals surface area contributed by atoms with Crippen LogP contribution in [0, 0.1) is 5.92 Å². The van der Waals surface area contributed by atoms with Gasteiger partial charge in [0.1, 0.15) is 0 Å². The van der Waals surface area contributed by atoms with E-state index >= 15 is 0 Å². The highest BCUT2D eigenvalue weighted by molar-refractivity contribution is 6.04. The van der Waals surface area contributed by atoms with Crippen molar-refractivity contribution in [3.63, 3.8) is 0 Å². The van der Waals surface area contributed by atoms with Crippen LogP contribution >= 0.6 is 0 Å². The van der Waals surface area contributed by atoms with Gasteiger partial charge in [-0.1, -0.05) is 6.07 Å². The smallest absolute Gasteiger partial charge is 0.414 e. The maximum absolute atomic E-state index is 13.1. The second-order valence-electron chi connectivity index (χ2n) is 10.2. The molecular weight excluding hydrogens is 446 g/mol. The number of anilines is 2. The zero-order valence-corrected chi connectivity index (χ0v) is 21.4. The van der Waals surface area contributed by atoms with Crippen molar-refractivity contribution in [2.45, 2.75) is 51.7 Å². The van der Waals surface area contributed by atoms with Gasteiger partial charge in [-0.25, -0.2) is 4.79 Å². The van der Waals surface area contributed by atoms with E-state index in [4.69, 9.17) is 15.2 Å². The van der Waals surface area contributed by atoms with E-state index in [1.54, 1.807) is 4.90 Å². The van der Waals surface area contributed by atoms with E-state index in [9.17, 15) is 9.59 Å². The number of fused-ring (bicyclic) bond motifs is 1. The fraction of sp³-hybridized carbons (Fsp3) is 0.692. The van der Waals surface area contributed by atoms with E-state index in [-0.39, 0.29) is 36.0 Å². The van der Waals surface area contributed by atoms with Gasteiger partial charge in [0.05, 0.1) is 36.7 Å². The van der Waals surface area contributed by atoms with E-state index in [0.29, 0.717) is 13.1 Å². The average Bonchev–Trinajstić information content (AvgIpc) is 3.69. The molecule has 1 unspecified atom stereocenters. The first-order valence-corrected chi connectivity index (χ1v) is 13.0. The molecule has 1 aliphatic carbocycles. The molecule has 9 heteroatoms. The fourth-order valence-electron chi connectivity index (χ4n) is 4.87. The highest BCUT2D eigenvalue weighted by atomic mass is 16.6. The molecule has 1 saturated carbocycles. The van der Waals surface area contributed by atoms with Crippen molar-refractivity contribution in [3.8, 4) is 0 Å². The second-order valence-corrected chi connectivity index (χ2v) is 10.2. The maximum atomic E-state index is 13.1. The van der Waals surface area contributed by atoms with Crippen LogP contribution in [0.2, 0.25) is 0 Å². The Kier molecular flexibility index (Phi) is 8.64. The molecule has 2 atom stereocenters. The summed E-state index contributed by atoms with van der Waals surface area (Å²) in [7, 11) is 0. The molecule has 9 nitrogen and oxygen atoms in total. The number of nitrogens with two attached hydrogens (primary N) is 1. The number of carbonyl (C=O) groups is 2. The Bertz CT molecular complexity index is 884. The molecule has 2 heterocycles. The van der Waals surface area contributed by atoms with Crippen LogP contribution in [0.25, 0.3) is 0 Å². The number of carbonyl (C=O) groups excluding carboxylic acids is 2. The number of hydrogen-bond donors (Lipinski definition) is 2. The third kappa shape index (κ3) is 6.33. The Morgan fingerprint density at radius 1 is 1.20 bits per heavy atom. The normalized spacial score (nSPS) is 21.7. The van der Waals surface area contributed by atoms with Crippen LogP contribution in [0.15, 0.2) is 18.2 Å². The number of nitrogens with zero attached hydrogens (tertiary/aromatic N) is 3. The summed E-state index contributed by atoms with van der Waals surface area (Å²) in [6.07, 6.45) is 1.29. The molecular formula is C26H41N5O4. The Balaban J connectivity index is 1.51. The number of nitrogens with one attached hydrogen (secondary N) is 1. The molecule has 0 spiro atoms. The maximum Gasteiger partial charge on any atom is 0.414 e. The lowest BCUT2D eigenvalue weighted by molar-refractivity contribution is -0.120. The first-order chi connectivity index (χ1) is 16.9. The van der Waals surface area contributed by atoms with E-state index in [1.807, 2.05) is 37.8 Å². The highest BCUT2D eigenvalue weighted by Gasteiger charge is 2.41. The summed E-state index contributed by atoms with van der Waals surface area (Å²) in [6, 6.07) is 5.94. The summed E-state index contributed by atoms with van der Waals surface area (Å²) in [5.41, 5.74) is 8.74. The van der Waals surface area contributed by atoms with E-state index in [2.05, 4.69) is 16.3 Å². The number of rotatable bonds is 9. The number of morpholine rings is 1. The first-order valence-electron chi connectivity index (χ1n) is 13.0. The molecule has 1 aromatic rings. The van der Waals surface area contributed by atoms with Crippen molar-refractivity contribution in [1.29, 1.82) is 0 Å². The Morgan fingerprint density at radius 3 is 2.60 bits per heavy atom. The molecule has 2 fully saturated rings. The topological polar surface area (TPSA) is 100 Å². The number of amides is 2. The van der Waals surface area contributed by atoms with Gasteiger partial charge in [0.2, 0.25) is 5.91 Å². The van der Waals surface area contributed by atoms with Crippen molar-refractivity contribution >= 4 is 23.4 Å². The molecule has 0 bridgehead atoms. The minimum Gasteiger partial charge on any atom is -0.446 e. The predicted molar refractivity (Wildman–Crippen MR) is 137 cm³/mol. The Labute approximate surface area is 208 Å². The van der Waals surface area contributed by atoms with Crippen molar-refractivity contribution in [2.24, 2.45) is 11.7 Å². The predicted octanol–water partition coefficient (Wildman–Crippen LogP) is 2.15. The third-order valence-corrected chi connectivity index (χ3v) is 7.01. The largest absolute Gasteiger partial charge is 0.446 e. The summed E-state index contributed by atoms with van der Waals surface area (Å²) in [6.45, 7) is 12.7. The first kappa shape index (κ1) is 25.9. The molecule has 2 aliphatic heterocycles. The summed E-state index contributed by atoms with van der Waals surface area (Å²) >= 11 is 0. The van der Waals surface area contributed by atoms with Crippen LogP contribution in [-0.2, 0) is 14.3 Å². The minimum atomic E-state index is -0.378. The zero-order chi connectivity index (χ0) is 24.9. The average molecular weight is 488 g/mol. The van der Waals surface area contributed by atoms with Gasteiger partial charge in [0, 0.05) is 57.6 Å². The van der Waals surface area contributed by atoms with Crippen molar-refractivity contribution < 1.29 is 19.1 Å². The molecule has 2 amide bonds. The van der Waals surface area contributed by atoms with Gasteiger partial charge in [-0.2, -0.15) is 0 Å². The van der Waals surface area contributed by atoms with Gasteiger partial charge in [0.25, 0.3) is 0 Å². The van der Waals surface area contributed by atoms with Gasteiger partial charge in [-0.05, 0) is 51.3 Å². The van der Waals surface area contributed by atoms with Crippen molar-refractivity contribution in [2.75, 3.05) is 68.8 Å². The number of hydrogen-bond acceptors (Lipinski definition) is 7. The van der Waals surface area contributed by atoms with Gasteiger partial charge in [0.15, 0.2) is 0 Å². The summed E-state index contributed by atoms with van der Waals surface area (Å²) in [5.74, 6) is 0.357. The lowest BCUT2D eigenvalue weighted by Gasteiger charge is -2.41. The zero-order valence-electron chi connectivity index (χ0n) is 21.4. The van der Waals surface area contributed by atoms with Gasteiger partial charge >= 0.3 is 6.09 Å². The van der Waals surface area contributed by atoms with Crippen LogP contribution < -0.4 is 20.9 Å². The van der Waals surface area contributed by atoms with Crippen LogP contribution in [0.1, 0.15) is 45.1 Å². The Morgan fingerprint density at radius 2 is 1.94 bits per heavy atom. The SMILES string of the molecule is CC(C)OC(=O)N1C[C@H](C)N(C(=O)C2CC2)c2ccc(C(CN)CNCCN3CCOCC3)cc21. The summed E-state index contributed by atoms with van der Waals surface area (Å²) < 4.78 is 11.0. The Hall–Kier alpha value is -2.20. The lowest BCUT2D eigenvalue weighted by Crippen LogP contribution is -2.52. The molecule has 4 rings (SSSR count). The van der Waals surface area contributed by atoms with Crippen LogP contribution in [-0.4, -0.2) is 88.1 Å². The minimum absolute atomic E-state index is 0.0971. The molecule has 1 aromatic carbocycles. The summed E-state index contributed by atoms with van der Waals surface area (Å²) in [4.78, 5) is 32.1. The molecule has 1 saturated heterocycles. The quantitative estimate of drug-likeness (QED) is 0.515. The highest BCUT2D eigenvalue weighted by Crippen LogP contribution is 2.41. The standard InChI is InChI=1S/C26H41N5O4/c1-18(2)35-26(33)30-17-19(3)31(25(32)20-4-5-20)23-7-6-21(14-24(23)30)22(15-27)16-28-8-9-29-10-12-34-13-11-29/h6-7,14,18-20,22,28H,4-5,8-13,15-17,27H2,1-3H3/t19-,22?/m0/s1. The molecule has 0 radical (unpaired) electrons. The molecule has 3 aliphatic rings. The monoisotopic (exact) mass is 487 g/mol. The summed E-state index contributed by atoms with van der Waals surface area (Å²) in [5, 5.41) is 3.55. The van der Waals surface area contributed by atoms with Crippen LogP contribution in [0.5, 0.6) is 0 Å². The lowest BCUT2D eigenvalue weighted by atomic mass is 9.96. The van der Waals surface area contributed by atoms with Crippen molar-refractivity contribution in [1.82, 2.24) is 10.2 Å². The third-order valence-electron chi connectivity index (χ3n) is 7.01.